The normalized spacial score (nSPS) is 16.1. The molecule has 3 heterocycles. The fourth-order valence-electron chi connectivity index (χ4n) is 3.40. The summed E-state index contributed by atoms with van der Waals surface area (Å²) in [5.74, 6) is 0.312. The lowest BCUT2D eigenvalue weighted by molar-refractivity contribution is 0.0781. The van der Waals surface area contributed by atoms with Crippen LogP contribution in [0.15, 0.2) is 36.7 Å². The first-order valence-corrected chi connectivity index (χ1v) is 8.44. The monoisotopic (exact) mass is 408 g/mol. The summed E-state index contributed by atoms with van der Waals surface area (Å²) in [4.78, 5) is 18.8. The van der Waals surface area contributed by atoms with Gasteiger partial charge in [0.25, 0.3) is 5.91 Å². The van der Waals surface area contributed by atoms with E-state index in [0.717, 1.165) is 35.1 Å². The van der Waals surface area contributed by atoms with Gasteiger partial charge in [0.05, 0.1) is 11.4 Å². The largest absolute Gasteiger partial charge is 0.337 e. The van der Waals surface area contributed by atoms with Crippen molar-refractivity contribution in [1.82, 2.24) is 24.9 Å². The molecule has 0 spiro atoms. The third-order valence-corrected chi connectivity index (χ3v) is 4.89. The molecule has 0 radical (unpaired) electrons. The second kappa shape index (κ2) is 8.65. The third-order valence-electron chi connectivity index (χ3n) is 4.89. The van der Waals surface area contributed by atoms with Crippen molar-refractivity contribution >= 4 is 41.5 Å². The van der Waals surface area contributed by atoms with E-state index in [1.54, 1.807) is 10.9 Å². The van der Waals surface area contributed by atoms with E-state index in [4.69, 9.17) is 5.73 Å². The highest BCUT2D eigenvalue weighted by atomic mass is 35.5. The average molecular weight is 409 g/mol. The molecule has 1 unspecified atom stereocenters. The molecule has 4 rings (SSSR count). The lowest BCUT2D eigenvalue weighted by Gasteiger charge is -2.15. The van der Waals surface area contributed by atoms with E-state index in [2.05, 4.69) is 15.3 Å². The quantitative estimate of drug-likeness (QED) is 0.718. The highest BCUT2D eigenvalue weighted by Crippen LogP contribution is 2.24. The van der Waals surface area contributed by atoms with Gasteiger partial charge in [-0.05, 0) is 37.9 Å². The van der Waals surface area contributed by atoms with Crippen molar-refractivity contribution in [2.24, 2.45) is 11.7 Å². The highest BCUT2D eigenvalue weighted by Gasteiger charge is 2.29. The van der Waals surface area contributed by atoms with Crippen molar-refractivity contribution in [1.29, 1.82) is 0 Å². The Labute approximate surface area is 169 Å². The molecule has 1 aliphatic heterocycles. The van der Waals surface area contributed by atoms with Crippen molar-refractivity contribution in [3.05, 3.63) is 48.0 Å². The fraction of sp³-hybridized carbons (Fsp3) is 0.333. The van der Waals surface area contributed by atoms with E-state index in [9.17, 15) is 4.79 Å². The minimum absolute atomic E-state index is 0. The Hall–Kier alpha value is -2.22. The molecule has 1 amide bonds. The molecule has 3 aromatic rings. The number of amides is 1. The van der Waals surface area contributed by atoms with Crippen LogP contribution < -0.4 is 5.73 Å². The summed E-state index contributed by atoms with van der Waals surface area (Å²) in [5.41, 5.74) is 7.76. The number of nitrogens with two attached hydrogens (primary N) is 1. The summed E-state index contributed by atoms with van der Waals surface area (Å²) in [7, 11) is 0. The Morgan fingerprint density at radius 3 is 2.85 bits per heavy atom. The molecule has 2 N–H and O–H groups in total. The van der Waals surface area contributed by atoms with E-state index in [1.165, 1.54) is 0 Å². The molecule has 0 saturated carbocycles. The smallest absolute Gasteiger partial charge is 0.276 e. The first kappa shape index (κ1) is 21.1. The van der Waals surface area contributed by atoms with E-state index < -0.39 is 0 Å². The van der Waals surface area contributed by atoms with Gasteiger partial charge in [0.15, 0.2) is 5.69 Å². The van der Waals surface area contributed by atoms with Crippen LogP contribution in [0.4, 0.5) is 0 Å². The van der Waals surface area contributed by atoms with Crippen LogP contribution in [0.5, 0.6) is 0 Å². The molecule has 1 fully saturated rings. The molecule has 1 aliphatic rings. The van der Waals surface area contributed by atoms with Crippen molar-refractivity contribution in [3.8, 4) is 5.69 Å². The van der Waals surface area contributed by atoms with Gasteiger partial charge in [-0.25, -0.2) is 4.68 Å². The second-order valence-electron chi connectivity index (χ2n) is 6.45. The number of rotatable bonds is 3. The molecule has 1 aromatic carbocycles. The zero-order chi connectivity index (χ0) is 17.4. The van der Waals surface area contributed by atoms with Crippen LogP contribution in [-0.2, 0) is 0 Å². The molecule has 0 bridgehead atoms. The van der Waals surface area contributed by atoms with Crippen LogP contribution in [0, 0.1) is 12.8 Å². The number of pyridine rings is 1. The minimum atomic E-state index is -0.0680. The summed E-state index contributed by atoms with van der Waals surface area (Å²) in [5, 5.41) is 10.5. The summed E-state index contributed by atoms with van der Waals surface area (Å²) in [6.07, 6.45) is 4.52. The lowest BCUT2D eigenvalue weighted by atomic mass is 10.1. The van der Waals surface area contributed by atoms with E-state index in [0.29, 0.717) is 24.7 Å². The predicted molar refractivity (Wildman–Crippen MR) is 109 cm³/mol. The van der Waals surface area contributed by atoms with Crippen LogP contribution >= 0.6 is 24.8 Å². The fourth-order valence-corrected chi connectivity index (χ4v) is 3.40. The van der Waals surface area contributed by atoms with Gasteiger partial charge in [-0.1, -0.05) is 17.3 Å². The number of halogens is 2. The average Bonchev–Trinajstić information content (AvgIpc) is 3.27. The van der Waals surface area contributed by atoms with Gasteiger partial charge in [-0.15, -0.1) is 29.9 Å². The molecule has 27 heavy (non-hydrogen) atoms. The van der Waals surface area contributed by atoms with E-state index in [-0.39, 0.29) is 30.7 Å². The van der Waals surface area contributed by atoms with Crippen molar-refractivity contribution in [2.75, 3.05) is 19.6 Å². The van der Waals surface area contributed by atoms with Gasteiger partial charge in [-0.3, -0.25) is 9.78 Å². The van der Waals surface area contributed by atoms with Crippen LogP contribution in [0.25, 0.3) is 16.5 Å². The number of nitrogens with zero attached hydrogens (tertiary/aromatic N) is 5. The Balaban J connectivity index is 0.00000131. The zero-order valence-corrected chi connectivity index (χ0v) is 16.5. The zero-order valence-electron chi connectivity index (χ0n) is 14.9. The maximum atomic E-state index is 12.8. The molecule has 2 aromatic heterocycles. The maximum absolute atomic E-state index is 12.8. The van der Waals surface area contributed by atoms with Crippen molar-refractivity contribution < 1.29 is 4.79 Å². The number of hydrogen-bond acceptors (Lipinski definition) is 5. The first-order chi connectivity index (χ1) is 12.2. The molecular weight excluding hydrogens is 387 g/mol. The van der Waals surface area contributed by atoms with Gasteiger partial charge in [0, 0.05) is 36.3 Å². The van der Waals surface area contributed by atoms with Gasteiger partial charge in [0.2, 0.25) is 0 Å². The van der Waals surface area contributed by atoms with Crippen LogP contribution in [0.3, 0.4) is 0 Å². The summed E-state index contributed by atoms with van der Waals surface area (Å²) in [6, 6.07) is 7.87. The SMILES string of the molecule is Cc1c(C(=O)N2CCC(CN)C2)nnn1-c1cccc2cnccc12.Cl.Cl. The lowest BCUT2D eigenvalue weighted by Crippen LogP contribution is -2.30. The van der Waals surface area contributed by atoms with E-state index in [1.807, 2.05) is 42.3 Å². The van der Waals surface area contributed by atoms with Gasteiger partial charge in [-0.2, -0.15) is 0 Å². The molecule has 9 heteroatoms. The number of fused-ring (bicyclic) bond motifs is 1. The maximum Gasteiger partial charge on any atom is 0.276 e. The number of likely N-dealkylation sites (tertiary alicyclic amines) is 1. The molecular formula is C18H22Cl2N6O. The molecule has 7 nitrogen and oxygen atoms in total. The number of benzene rings is 1. The number of carbonyl (C=O) groups is 1. The molecule has 0 aliphatic carbocycles. The van der Waals surface area contributed by atoms with Gasteiger partial charge >= 0.3 is 0 Å². The topological polar surface area (TPSA) is 89.9 Å². The van der Waals surface area contributed by atoms with Crippen LogP contribution in [0.1, 0.15) is 22.6 Å². The summed E-state index contributed by atoms with van der Waals surface area (Å²) >= 11 is 0. The number of carbonyl (C=O) groups excluding carboxylic acids is 1. The second-order valence-corrected chi connectivity index (χ2v) is 6.45. The van der Waals surface area contributed by atoms with Crippen LogP contribution in [-0.4, -0.2) is 50.4 Å². The Morgan fingerprint density at radius 1 is 1.30 bits per heavy atom. The highest BCUT2D eigenvalue weighted by molar-refractivity contribution is 5.94. The van der Waals surface area contributed by atoms with Gasteiger partial charge < -0.3 is 10.6 Å². The Kier molecular flexibility index (Phi) is 6.75. The Bertz CT molecular complexity index is 939. The predicted octanol–water partition coefficient (Wildman–Crippen LogP) is 2.39. The first-order valence-electron chi connectivity index (χ1n) is 8.44. The Morgan fingerprint density at radius 2 is 2.11 bits per heavy atom. The molecule has 1 saturated heterocycles. The number of hydrogen-bond donors (Lipinski definition) is 1. The third kappa shape index (κ3) is 3.76. The van der Waals surface area contributed by atoms with Crippen LogP contribution in [0.2, 0.25) is 0 Å². The van der Waals surface area contributed by atoms with E-state index >= 15 is 0 Å². The molecule has 144 valence electrons. The van der Waals surface area contributed by atoms with Crippen molar-refractivity contribution in [3.63, 3.8) is 0 Å². The minimum Gasteiger partial charge on any atom is -0.337 e. The van der Waals surface area contributed by atoms with Crippen molar-refractivity contribution in [2.45, 2.75) is 13.3 Å². The summed E-state index contributed by atoms with van der Waals surface area (Å²) in [6.45, 7) is 3.91. The molecule has 1 atom stereocenters. The number of aromatic nitrogens is 4. The standard InChI is InChI=1S/C18H20N6O.2ClH/c1-12-17(18(25)23-8-6-13(9-19)11-23)21-22-24(12)16-4-2-3-14-10-20-7-5-15(14)16;;/h2-5,7,10,13H,6,8-9,11,19H2,1H3;2*1H. The summed E-state index contributed by atoms with van der Waals surface area (Å²) < 4.78 is 1.73. The van der Waals surface area contributed by atoms with Gasteiger partial charge in [0.1, 0.15) is 0 Å².